The number of halogens is 3. The molecule has 5 atom stereocenters. The Hall–Kier alpha value is -1.39. The van der Waals surface area contributed by atoms with E-state index in [-0.39, 0.29) is 25.7 Å². The Labute approximate surface area is 182 Å². The van der Waals surface area contributed by atoms with Crippen molar-refractivity contribution in [2.24, 2.45) is 11.1 Å². The molecule has 178 valence electrons. The molecule has 1 aromatic rings. The lowest BCUT2D eigenvalue weighted by molar-refractivity contribution is -0.205. The molecule has 1 aromatic carbocycles. The molecule has 0 saturated carbocycles. The van der Waals surface area contributed by atoms with Gasteiger partial charge in [0.1, 0.15) is 11.6 Å². The Balaban J connectivity index is 1.90. The van der Waals surface area contributed by atoms with E-state index < -0.39 is 49.1 Å². The highest BCUT2D eigenvalue weighted by Gasteiger charge is 2.36. The first-order chi connectivity index (χ1) is 14.7. The average Bonchev–Trinajstić information content (AvgIpc) is 2.75. The van der Waals surface area contributed by atoms with Crippen LogP contribution in [0.3, 0.4) is 0 Å². The van der Waals surface area contributed by atoms with Crippen molar-refractivity contribution in [1.29, 1.82) is 0 Å². The van der Waals surface area contributed by atoms with Crippen LogP contribution in [-0.4, -0.2) is 68.8 Å². The second-order valence-corrected chi connectivity index (χ2v) is 8.65. The molecule has 4 N–H and O–H groups in total. The van der Waals surface area contributed by atoms with E-state index in [4.69, 9.17) is 19.9 Å². The Bertz CT molecular complexity index is 678. The minimum Gasteiger partial charge on any atom is -0.493 e. The van der Waals surface area contributed by atoms with Crippen molar-refractivity contribution in [3.63, 3.8) is 0 Å². The van der Waals surface area contributed by atoms with Gasteiger partial charge in [0.15, 0.2) is 6.29 Å². The van der Waals surface area contributed by atoms with Gasteiger partial charge in [-0.1, -0.05) is 13.8 Å². The molecule has 1 fully saturated rings. The predicted octanol–water partition coefficient (Wildman–Crippen LogP) is 2.51. The van der Waals surface area contributed by atoms with Crippen LogP contribution in [0, 0.1) is 11.2 Å². The molecular formula is C22H35F3N2O4. The molecule has 1 saturated heterocycles. The molecule has 1 aliphatic rings. The molecule has 0 aliphatic carbocycles. The lowest BCUT2D eigenvalue weighted by Crippen LogP contribution is -2.61. The number of morpholine rings is 1. The molecule has 0 radical (unpaired) electrons. The third-order valence-corrected chi connectivity index (χ3v) is 5.29. The van der Waals surface area contributed by atoms with Gasteiger partial charge in [-0.05, 0) is 37.5 Å². The van der Waals surface area contributed by atoms with E-state index in [1.807, 2.05) is 6.92 Å². The fraction of sp³-hybridized carbons (Fsp3) is 0.727. The summed E-state index contributed by atoms with van der Waals surface area (Å²) in [5.74, 6) is 0.00595. The molecule has 0 spiro atoms. The SMILES string of the molecule is CCCOc1cc(F)cc(CC(N)C(O)C2COC(OCC(C)(CF)CF)C(C)N2)c1. The molecule has 0 amide bonds. The zero-order valence-electron chi connectivity index (χ0n) is 18.5. The maximum atomic E-state index is 13.9. The first-order valence-electron chi connectivity index (χ1n) is 10.7. The van der Waals surface area contributed by atoms with Gasteiger partial charge >= 0.3 is 0 Å². The van der Waals surface area contributed by atoms with Crippen LogP contribution in [0.25, 0.3) is 0 Å². The van der Waals surface area contributed by atoms with Gasteiger partial charge in [-0.2, -0.15) is 0 Å². The van der Waals surface area contributed by atoms with E-state index in [2.05, 4.69) is 5.32 Å². The van der Waals surface area contributed by atoms with Crippen LogP contribution in [0.4, 0.5) is 13.2 Å². The standard InChI is InChI=1S/C22H35F3N2O4/c1-4-5-29-17-7-15(6-16(25)9-17)8-18(26)20(28)19-10-30-21(14(2)27-19)31-13-22(3,11-23)12-24/h6-7,9,14,18-21,27-28H,4-5,8,10-13,26H2,1-3H3. The average molecular weight is 449 g/mol. The summed E-state index contributed by atoms with van der Waals surface area (Å²) in [5, 5.41) is 13.9. The topological polar surface area (TPSA) is 86.0 Å². The van der Waals surface area contributed by atoms with Gasteiger partial charge in [0.2, 0.25) is 0 Å². The number of hydrogen-bond donors (Lipinski definition) is 3. The van der Waals surface area contributed by atoms with Gasteiger partial charge in [0, 0.05) is 17.5 Å². The van der Waals surface area contributed by atoms with Gasteiger partial charge in [0.25, 0.3) is 0 Å². The Morgan fingerprint density at radius 3 is 2.65 bits per heavy atom. The second kappa shape index (κ2) is 12.0. The maximum Gasteiger partial charge on any atom is 0.172 e. The quantitative estimate of drug-likeness (QED) is 0.456. The van der Waals surface area contributed by atoms with Crippen LogP contribution >= 0.6 is 0 Å². The number of alkyl halides is 2. The van der Waals surface area contributed by atoms with Gasteiger partial charge in [-0.25, -0.2) is 4.39 Å². The molecule has 2 rings (SSSR count). The summed E-state index contributed by atoms with van der Waals surface area (Å²) in [6, 6.07) is 2.93. The molecule has 1 aliphatic heterocycles. The van der Waals surface area contributed by atoms with Gasteiger partial charge in [-0.15, -0.1) is 0 Å². The summed E-state index contributed by atoms with van der Waals surface area (Å²) >= 11 is 0. The number of aliphatic hydroxyl groups excluding tert-OH is 1. The molecular weight excluding hydrogens is 413 g/mol. The minimum atomic E-state index is -1.20. The number of aliphatic hydroxyl groups is 1. The van der Waals surface area contributed by atoms with Crippen molar-refractivity contribution >= 4 is 0 Å². The largest absolute Gasteiger partial charge is 0.493 e. The minimum absolute atomic E-state index is 0.111. The normalized spacial score (nSPS) is 24.1. The smallest absolute Gasteiger partial charge is 0.172 e. The molecule has 5 unspecified atom stereocenters. The van der Waals surface area contributed by atoms with Crippen molar-refractivity contribution in [2.75, 3.05) is 33.2 Å². The fourth-order valence-corrected chi connectivity index (χ4v) is 3.33. The van der Waals surface area contributed by atoms with Crippen LogP contribution in [0.1, 0.15) is 32.8 Å². The highest BCUT2D eigenvalue weighted by Crippen LogP contribution is 2.23. The first-order valence-corrected chi connectivity index (χ1v) is 10.7. The Morgan fingerprint density at radius 1 is 1.32 bits per heavy atom. The molecule has 0 aromatic heterocycles. The summed E-state index contributed by atoms with van der Waals surface area (Å²) < 4.78 is 56.6. The third-order valence-electron chi connectivity index (χ3n) is 5.29. The number of ether oxygens (including phenoxy) is 3. The number of hydrogen-bond acceptors (Lipinski definition) is 6. The van der Waals surface area contributed by atoms with E-state index in [0.29, 0.717) is 17.9 Å². The summed E-state index contributed by atoms with van der Waals surface area (Å²) in [5.41, 5.74) is 5.61. The predicted molar refractivity (Wildman–Crippen MR) is 112 cm³/mol. The zero-order chi connectivity index (χ0) is 23.0. The highest BCUT2D eigenvalue weighted by atomic mass is 19.1. The van der Waals surface area contributed by atoms with E-state index >= 15 is 0 Å². The van der Waals surface area contributed by atoms with Crippen LogP contribution in [-0.2, 0) is 15.9 Å². The third kappa shape index (κ3) is 7.61. The highest BCUT2D eigenvalue weighted by molar-refractivity contribution is 5.30. The molecule has 31 heavy (non-hydrogen) atoms. The van der Waals surface area contributed by atoms with E-state index in [1.54, 1.807) is 13.0 Å². The number of nitrogens with two attached hydrogens (primary N) is 1. The van der Waals surface area contributed by atoms with E-state index in [1.165, 1.54) is 19.1 Å². The zero-order valence-corrected chi connectivity index (χ0v) is 18.5. The molecule has 6 nitrogen and oxygen atoms in total. The van der Waals surface area contributed by atoms with Gasteiger partial charge in [-0.3, -0.25) is 8.78 Å². The summed E-state index contributed by atoms with van der Waals surface area (Å²) in [6.45, 7) is 4.02. The Kier molecular flexibility index (Phi) is 10.0. The molecule has 0 bridgehead atoms. The first kappa shape index (κ1) is 25.9. The fourth-order valence-electron chi connectivity index (χ4n) is 3.33. The van der Waals surface area contributed by atoms with Crippen molar-refractivity contribution < 1.29 is 32.5 Å². The summed E-state index contributed by atoms with van der Waals surface area (Å²) in [7, 11) is 0. The van der Waals surface area contributed by atoms with Gasteiger partial charge < -0.3 is 30.4 Å². The second-order valence-electron chi connectivity index (χ2n) is 8.65. The van der Waals surface area contributed by atoms with Crippen LogP contribution in [0.2, 0.25) is 0 Å². The number of nitrogens with one attached hydrogen (secondary N) is 1. The lowest BCUT2D eigenvalue weighted by Gasteiger charge is -2.39. The van der Waals surface area contributed by atoms with Crippen molar-refractivity contribution in [3.8, 4) is 5.75 Å². The van der Waals surface area contributed by atoms with Crippen molar-refractivity contribution in [2.45, 2.75) is 64.1 Å². The van der Waals surface area contributed by atoms with E-state index in [9.17, 15) is 18.3 Å². The summed E-state index contributed by atoms with van der Waals surface area (Å²) in [4.78, 5) is 0. The van der Waals surface area contributed by atoms with Crippen LogP contribution in [0.5, 0.6) is 5.75 Å². The lowest BCUT2D eigenvalue weighted by atomic mass is 9.95. The number of rotatable bonds is 12. The van der Waals surface area contributed by atoms with E-state index in [0.717, 1.165) is 6.42 Å². The van der Waals surface area contributed by atoms with Crippen molar-refractivity contribution in [1.82, 2.24) is 5.32 Å². The molecule has 1 heterocycles. The maximum absolute atomic E-state index is 13.9. The van der Waals surface area contributed by atoms with Crippen LogP contribution in [0.15, 0.2) is 18.2 Å². The van der Waals surface area contributed by atoms with Crippen LogP contribution < -0.4 is 15.8 Å². The molecule has 9 heteroatoms. The monoisotopic (exact) mass is 448 g/mol. The number of benzene rings is 1. The summed E-state index contributed by atoms with van der Waals surface area (Å²) in [6.07, 6.45) is -0.604. The van der Waals surface area contributed by atoms with Gasteiger partial charge in [0.05, 0.1) is 51.4 Å². The Morgan fingerprint density at radius 2 is 2.03 bits per heavy atom. The van der Waals surface area contributed by atoms with Crippen molar-refractivity contribution in [3.05, 3.63) is 29.6 Å².